The van der Waals surface area contributed by atoms with Gasteiger partial charge in [0.1, 0.15) is 8.24 Å². The summed E-state index contributed by atoms with van der Waals surface area (Å²) in [6.45, 7) is 6.94. The molecule has 0 rings (SSSR count). The quantitative estimate of drug-likeness (QED) is 0.542. The summed E-state index contributed by atoms with van der Waals surface area (Å²) in [7, 11) is 1.13. The van der Waals surface area contributed by atoms with Crippen molar-refractivity contribution in [2.75, 3.05) is 7.05 Å². The topological polar surface area (TPSA) is 12.0 Å². The van der Waals surface area contributed by atoms with Crippen molar-refractivity contribution in [3.05, 3.63) is 0 Å². The standard InChI is InChI=1S/C13H31NSi/c1-5-8-11-15(14-4,12-9-6-2)13-10-7-3/h14H,5-13H2,1-4H3. The molecule has 0 saturated carbocycles. The van der Waals surface area contributed by atoms with E-state index in [2.05, 4.69) is 32.8 Å². The molecule has 92 valence electrons. The Morgan fingerprint density at radius 2 is 1.07 bits per heavy atom. The summed E-state index contributed by atoms with van der Waals surface area (Å²) in [5.74, 6) is 0. The number of hydrogen-bond donors (Lipinski definition) is 1. The Bertz CT molecular complexity index is 115. The van der Waals surface area contributed by atoms with Crippen LogP contribution in [0.1, 0.15) is 59.3 Å². The van der Waals surface area contributed by atoms with Crippen LogP contribution in [-0.4, -0.2) is 15.3 Å². The van der Waals surface area contributed by atoms with Crippen LogP contribution in [-0.2, 0) is 0 Å². The molecule has 0 atom stereocenters. The summed E-state index contributed by atoms with van der Waals surface area (Å²) in [5, 5.41) is 0. The molecule has 0 heterocycles. The summed E-state index contributed by atoms with van der Waals surface area (Å²) in [5.41, 5.74) is 0. The van der Waals surface area contributed by atoms with Crippen molar-refractivity contribution in [2.45, 2.75) is 77.4 Å². The fourth-order valence-corrected chi connectivity index (χ4v) is 6.89. The largest absolute Gasteiger partial charge is 0.340 e. The van der Waals surface area contributed by atoms with Gasteiger partial charge in [-0.2, -0.15) is 0 Å². The van der Waals surface area contributed by atoms with Crippen molar-refractivity contribution in [2.24, 2.45) is 0 Å². The highest BCUT2D eigenvalue weighted by Gasteiger charge is 2.28. The predicted molar refractivity (Wildman–Crippen MR) is 74.0 cm³/mol. The molecule has 1 nitrogen and oxygen atoms in total. The highest BCUT2D eigenvalue weighted by molar-refractivity contribution is 6.77. The molecular weight excluding hydrogens is 198 g/mol. The molecule has 0 fully saturated rings. The predicted octanol–water partition coefficient (Wildman–Crippen LogP) is 4.55. The molecule has 0 aromatic carbocycles. The van der Waals surface area contributed by atoms with Gasteiger partial charge in [-0.1, -0.05) is 59.3 Å². The van der Waals surface area contributed by atoms with Gasteiger partial charge in [0.2, 0.25) is 0 Å². The molecule has 0 aliphatic carbocycles. The monoisotopic (exact) mass is 229 g/mol. The van der Waals surface area contributed by atoms with Crippen LogP contribution in [0.3, 0.4) is 0 Å². The molecule has 1 N–H and O–H groups in total. The molecule has 15 heavy (non-hydrogen) atoms. The first-order valence-electron chi connectivity index (χ1n) is 6.93. The van der Waals surface area contributed by atoms with Crippen molar-refractivity contribution in [1.29, 1.82) is 0 Å². The minimum absolute atomic E-state index is 1.08. The smallest absolute Gasteiger partial charge is 0.125 e. The second-order valence-electron chi connectivity index (χ2n) is 4.84. The van der Waals surface area contributed by atoms with Gasteiger partial charge in [-0.05, 0) is 25.2 Å². The molecule has 0 aliphatic rings. The van der Waals surface area contributed by atoms with Crippen molar-refractivity contribution in [3.63, 3.8) is 0 Å². The SMILES string of the molecule is CCCC[Si](CCCC)(CCCC)NC. The van der Waals surface area contributed by atoms with E-state index in [1.54, 1.807) is 0 Å². The van der Waals surface area contributed by atoms with Crippen molar-refractivity contribution in [1.82, 2.24) is 4.98 Å². The van der Waals surface area contributed by atoms with E-state index in [1.165, 1.54) is 56.7 Å². The first-order valence-corrected chi connectivity index (χ1v) is 9.55. The van der Waals surface area contributed by atoms with Gasteiger partial charge in [0.25, 0.3) is 0 Å². The molecule has 0 saturated heterocycles. The third-order valence-corrected chi connectivity index (χ3v) is 8.55. The fourth-order valence-electron chi connectivity index (χ4n) is 2.30. The molecule has 0 aromatic heterocycles. The van der Waals surface area contributed by atoms with Gasteiger partial charge < -0.3 is 4.98 Å². The number of rotatable bonds is 10. The van der Waals surface area contributed by atoms with E-state index in [0.717, 1.165) is 0 Å². The van der Waals surface area contributed by atoms with Crippen LogP contribution in [0.5, 0.6) is 0 Å². The highest BCUT2D eigenvalue weighted by Crippen LogP contribution is 2.25. The minimum atomic E-state index is -1.08. The van der Waals surface area contributed by atoms with Crippen LogP contribution in [0.4, 0.5) is 0 Å². The van der Waals surface area contributed by atoms with Crippen LogP contribution in [0.15, 0.2) is 0 Å². The maximum Gasteiger partial charge on any atom is 0.125 e. The van der Waals surface area contributed by atoms with Crippen LogP contribution in [0.2, 0.25) is 18.1 Å². The lowest BCUT2D eigenvalue weighted by Gasteiger charge is -2.31. The zero-order chi connectivity index (χ0) is 11.6. The van der Waals surface area contributed by atoms with Crippen LogP contribution < -0.4 is 4.98 Å². The normalized spacial score (nSPS) is 12.0. The van der Waals surface area contributed by atoms with Crippen LogP contribution in [0, 0.1) is 0 Å². The Hall–Kier alpha value is 0.177. The Balaban J connectivity index is 4.16. The van der Waals surface area contributed by atoms with E-state index in [9.17, 15) is 0 Å². The minimum Gasteiger partial charge on any atom is -0.340 e. The maximum absolute atomic E-state index is 3.76. The van der Waals surface area contributed by atoms with E-state index in [4.69, 9.17) is 0 Å². The van der Waals surface area contributed by atoms with Gasteiger partial charge in [-0.25, -0.2) is 0 Å². The number of hydrogen-bond acceptors (Lipinski definition) is 1. The van der Waals surface area contributed by atoms with Crippen molar-refractivity contribution < 1.29 is 0 Å². The lowest BCUT2D eigenvalue weighted by Crippen LogP contribution is -2.48. The zero-order valence-electron chi connectivity index (χ0n) is 11.4. The fraction of sp³-hybridized carbons (Fsp3) is 1.00. The molecule has 0 radical (unpaired) electrons. The van der Waals surface area contributed by atoms with Gasteiger partial charge in [0.05, 0.1) is 0 Å². The molecule has 2 heteroatoms. The summed E-state index contributed by atoms with van der Waals surface area (Å²) in [6.07, 6.45) is 8.36. The Labute approximate surface area is 98.1 Å². The maximum atomic E-state index is 3.76. The molecule has 0 spiro atoms. The van der Waals surface area contributed by atoms with Gasteiger partial charge in [0, 0.05) is 0 Å². The van der Waals surface area contributed by atoms with Gasteiger partial charge in [-0.15, -0.1) is 0 Å². The third kappa shape index (κ3) is 6.36. The zero-order valence-corrected chi connectivity index (χ0v) is 12.4. The Kier molecular flexibility index (Phi) is 9.52. The van der Waals surface area contributed by atoms with Gasteiger partial charge >= 0.3 is 0 Å². The average Bonchev–Trinajstić information content (AvgIpc) is 2.29. The lowest BCUT2D eigenvalue weighted by atomic mass is 10.4. The summed E-state index contributed by atoms with van der Waals surface area (Å²) >= 11 is 0. The second kappa shape index (κ2) is 9.41. The van der Waals surface area contributed by atoms with E-state index in [-0.39, 0.29) is 0 Å². The van der Waals surface area contributed by atoms with E-state index >= 15 is 0 Å². The van der Waals surface area contributed by atoms with Crippen LogP contribution >= 0.6 is 0 Å². The number of unbranched alkanes of at least 4 members (excludes halogenated alkanes) is 3. The van der Waals surface area contributed by atoms with E-state index in [1.807, 2.05) is 0 Å². The summed E-state index contributed by atoms with van der Waals surface area (Å²) in [6, 6.07) is 4.50. The molecule has 0 bridgehead atoms. The van der Waals surface area contributed by atoms with Crippen LogP contribution in [0.25, 0.3) is 0 Å². The summed E-state index contributed by atoms with van der Waals surface area (Å²) < 4.78 is 0. The molecular formula is C13H31NSi. The average molecular weight is 229 g/mol. The third-order valence-electron chi connectivity index (χ3n) is 3.56. The first kappa shape index (κ1) is 15.2. The van der Waals surface area contributed by atoms with E-state index < -0.39 is 8.24 Å². The summed E-state index contributed by atoms with van der Waals surface area (Å²) in [4.78, 5) is 3.76. The first-order chi connectivity index (χ1) is 7.24. The lowest BCUT2D eigenvalue weighted by molar-refractivity contribution is 0.770. The van der Waals surface area contributed by atoms with Crippen molar-refractivity contribution >= 4 is 8.24 Å². The molecule has 0 aromatic rings. The Morgan fingerprint density at radius 1 is 0.733 bits per heavy atom. The van der Waals surface area contributed by atoms with Crippen molar-refractivity contribution in [3.8, 4) is 0 Å². The highest BCUT2D eigenvalue weighted by atomic mass is 28.3. The molecule has 0 unspecified atom stereocenters. The molecule has 0 amide bonds. The molecule has 0 aliphatic heterocycles. The van der Waals surface area contributed by atoms with E-state index in [0.29, 0.717) is 0 Å². The number of nitrogens with one attached hydrogen (secondary N) is 1. The van der Waals surface area contributed by atoms with Gasteiger partial charge in [-0.3, -0.25) is 0 Å². The second-order valence-corrected chi connectivity index (χ2v) is 9.40. The Morgan fingerprint density at radius 3 is 1.27 bits per heavy atom. The van der Waals surface area contributed by atoms with Gasteiger partial charge in [0.15, 0.2) is 0 Å².